The Kier molecular flexibility index (Phi) is 5.75. The molecule has 0 spiro atoms. The van der Waals surface area contributed by atoms with Crippen molar-refractivity contribution in [3.63, 3.8) is 0 Å². The van der Waals surface area contributed by atoms with Crippen LogP contribution >= 0.6 is 0 Å². The van der Waals surface area contributed by atoms with Crippen LogP contribution in [-0.4, -0.2) is 54.2 Å². The van der Waals surface area contributed by atoms with Crippen molar-refractivity contribution >= 4 is 16.7 Å². The summed E-state index contributed by atoms with van der Waals surface area (Å²) in [6.07, 6.45) is 5.86. The van der Waals surface area contributed by atoms with Crippen LogP contribution in [0, 0.1) is 6.92 Å². The van der Waals surface area contributed by atoms with Gasteiger partial charge in [-0.2, -0.15) is 5.10 Å². The van der Waals surface area contributed by atoms with Crippen molar-refractivity contribution in [3.05, 3.63) is 48.4 Å². The average molecular weight is 486 g/mol. The Morgan fingerprint density at radius 3 is 2.36 bits per heavy atom. The number of nitrogens with zero attached hydrogens (tertiary/aromatic N) is 6. The summed E-state index contributed by atoms with van der Waals surface area (Å²) in [4.78, 5) is 6.87. The minimum Gasteiger partial charge on any atom is -0.507 e. The van der Waals surface area contributed by atoms with Crippen molar-refractivity contribution in [2.75, 3.05) is 11.9 Å². The highest BCUT2D eigenvalue weighted by molar-refractivity contribution is 5.98. The summed E-state index contributed by atoms with van der Waals surface area (Å²) in [7, 11) is 3.99. The normalized spacial score (nSPS) is 17.4. The molecule has 3 aromatic heterocycles. The van der Waals surface area contributed by atoms with Gasteiger partial charge in [0.05, 0.1) is 17.4 Å². The molecule has 8 nitrogen and oxygen atoms in total. The van der Waals surface area contributed by atoms with E-state index in [1.165, 1.54) is 0 Å². The zero-order valence-corrected chi connectivity index (χ0v) is 22.2. The second-order valence-electron chi connectivity index (χ2n) is 11.4. The molecule has 0 amide bonds. The van der Waals surface area contributed by atoms with Gasteiger partial charge in [-0.05, 0) is 77.3 Å². The lowest BCUT2D eigenvalue weighted by atomic mass is 9.79. The van der Waals surface area contributed by atoms with Crippen LogP contribution in [0.15, 0.2) is 42.7 Å². The molecule has 1 aromatic carbocycles. The highest BCUT2D eigenvalue weighted by Crippen LogP contribution is 2.37. The molecule has 0 bridgehead atoms. The maximum Gasteiger partial charge on any atom is 0.151 e. The number of anilines is 1. The molecule has 4 heterocycles. The van der Waals surface area contributed by atoms with Crippen molar-refractivity contribution < 1.29 is 5.11 Å². The van der Waals surface area contributed by atoms with Crippen LogP contribution in [0.1, 0.15) is 46.2 Å². The summed E-state index contributed by atoms with van der Waals surface area (Å²) in [5, 5.41) is 29.0. The van der Waals surface area contributed by atoms with Crippen LogP contribution < -0.4 is 10.2 Å². The molecular formula is C28H35N7O. The zero-order chi connectivity index (χ0) is 25.8. The molecule has 1 fully saturated rings. The molecule has 1 aliphatic heterocycles. The van der Waals surface area contributed by atoms with Gasteiger partial charge in [-0.25, -0.2) is 0 Å². The number of phenolic OH excluding ortho intramolecular Hbond substituents is 1. The highest BCUT2D eigenvalue weighted by atomic mass is 16.3. The standard InChI is InChI=1S/C28H35N7O/c1-17-10-20(18-15-29-34(6)16-18)21-11-22(25(36)12-24(21)30-17)23-8-9-26(32-31-23)35(7)19-13-27(2,3)33-28(4,5)14-19/h8-12,15-16,19,33,36H,13-14H2,1-7H3. The molecule has 188 valence electrons. The molecule has 36 heavy (non-hydrogen) atoms. The summed E-state index contributed by atoms with van der Waals surface area (Å²) >= 11 is 0. The molecule has 1 aliphatic rings. The number of hydrogen-bond donors (Lipinski definition) is 2. The number of benzene rings is 1. The lowest BCUT2D eigenvalue weighted by Crippen LogP contribution is -2.62. The zero-order valence-electron chi connectivity index (χ0n) is 22.2. The largest absolute Gasteiger partial charge is 0.507 e. The van der Waals surface area contributed by atoms with Gasteiger partial charge in [-0.1, -0.05) is 0 Å². The fourth-order valence-electron chi connectivity index (χ4n) is 5.78. The molecule has 5 rings (SSSR count). The van der Waals surface area contributed by atoms with E-state index in [1.807, 2.05) is 50.6 Å². The first-order chi connectivity index (χ1) is 16.9. The lowest BCUT2D eigenvalue weighted by Gasteiger charge is -2.49. The molecule has 4 aromatic rings. The Balaban J connectivity index is 1.49. The summed E-state index contributed by atoms with van der Waals surface area (Å²) < 4.78 is 1.78. The Morgan fingerprint density at radius 1 is 1.03 bits per heavy atom. The third-order valence-electron chi connectivity index (χ3n) is 7.07. The highest BCUT2D eigenvalue weighted by Gasteiger charge is 2.39. The third kappa shape index (κ3) is 4.65. The van der Waals surface area contributed by atoms with E-state index in [1.54, 1.807) is 10.7 Å². The molecule has 0 unspecified atom stereocenters. The maximum absolute atomic E-state index is 10.9. The van der Waals surface area contributed by atoms with Crippen molar-refractivity contribution in [1.82, 2.24) is 30.3 Å². The third-order valence-corrected chi connectivity index (χ3v) is 7.07. The number of nitrogens with one attached hydrogen (secondary N) is 1. The van der Waals surface area contributed by atoms with Crippen molar-refractivity contribution in [1.29, 1.82) is 0 Å². The molecule has 0 saturated carbocycles. The van der Waals surface area contributed by atoms with E-state index in [0.717, 1.165) is 46.4 Å². The van der Waals surface area contributed by atoms with E-state index in [4.69, 9.17) is 0 Å². The smallest absolute Gasteiger partial charge is 0.151 e. The number of hydrogen-bond acceptors (Lipinski definition) is 7. The Bertz CT molecular complexity index is 1410. The van der Waals surface area contributed by atoms with Gasteiger partial charge in [0, 0.05) is 65.7 Å². The minimum atomic E-state index is 0.0449. The quantitative estimate of drug-likeness (QED) is 0.427. The van der Waals surface area contributed by atoms with Crippen LogP contribution in [0.2, 0.25) is 0 Å². The van der Waals surface area contributed by atoms with Gasteiger partial charge in [0.1, 0.15) is 5.75 Å². The summed E-state index contributed by atoms with van der Waals surface area (Å²) in [6, 6.07) is 9.97. The van der Waals surface area contributed by atoms with Gasteiger partial charge < -0.3 is 15.3 Å². The number of phenols is 1. The number of pyridine rings is 1. The van der Waals surface area contributed by atoms with Crippen LogP contribution in [0.3, 0.4) is 0 Å². The van der Waals surface area contributed by atoms with Gasteiger partial charge >= 0.3 is 0 Å². The first-order valence-corrected chi connectivity index (χ1v) is 12.4. The fraction of sp³-hybridized carbons (Fsp3) is 0.429. The Labute approximate surface area is 212 Å². The molecular weight excluding hydrogens is 450 g/mol. The van der Waals surface area contributed by atoms with E-state index in [-0.39, 0.29) is 16.8 Å². The van der Waals surface area contributed by atoms with E-state index >= 15 is 0 Å². The minimum absolute atomic E-state index is 0.0449. The van der Waals surface area contributed by atoms with E-state index in [2.05, 4.69) is 65.2 Å². The SMILES string of the molecule is Cc1cc(-c2cnn(C)c2)c2cc(-c3ccc(N(C)C4CC(C)(C)NC(C)(C)C4)nn3)c(O)cc2n1. The average Bonchev–Trinajstić information content (AvgIpc) is 3.22. The molecule has 0 atom stereocenters. The topological polar surface area (TPSA) is 92.0 Å². The molecule has 8 heteroatoms. The van der Waals surface area contributed by atoms with Crippen molar-refractivity contribution in [2.45, 2.75) is 64.6 Å². The summed E-state index contributed by atoms with van der Waals surface area (Å²) in [6.45, 7) is 11.0. The number of aromatic hydroxyl groups is 1. The van der Waals surface area contributed by atoms with Crippen molar-refractivity contribution in [2.24, 2.45) is 7.05 Å². The van der Waals surface area contributed by atoms with Crippen LogP contribution in [-0.2, 0) is 7.05 Å². The Hall–Kier alpha value is -3.52. The predicted molar refractivity (Wildman–Crippen MR) is 144 cm³/mol. The van der Waals surface area contributed by atoms with Gasteiger partial charge in [0.2, 0.25) is 0 Å². The number of aromatic nitrogens is 5. The molecule has 0 aliphatic carbocycles. The second-order valence-corrected chi connectivity index (χ2v) is 11.4. The van der Waals surface area contributed by atoms with Gasteiger partial charge in [-0.15, -0.1) is 10.2 Å². The van der Waals surface area contributed by atoms with Gasteiger partial charge in [0.15, 0.2) is 5.82 Å². The molecule has 0 radical (unpaired) electrons. The summed E-state index contributed by atoms with van der Waals surface area (Å²) in [5.41, 5.74) is 4.97. The van der Waals surface area contributed by atoms with E-state index in [9.17, 15) is 5.11 Å². The summed E-state index contributed by atoms with van der Waals surface area (Å²) in [5.74, 6) is 0.959. The predicted octanol–water partition coefficient (Wildman–Crippen LogP) is 4.85. The monoisotopic (exact) mass is 485 g/mol. The Morgan fingerprint density at radius 2 is 1.75 bits per heavy atom. The van der Waals surface area contributed by atoms with Crippen LogP contribution in [0.25, 0.3) is 33.3 Å². The van der Waals surface area contributed by atoms with E-state index in [0.29, 0.717) is 17.3 Å². The lowest BCUT2D eigenvalue weighted by molar-refractivity contribution is 0.160. The fourth-order valence-corrected chi connectivity index (χ4v) is 5.78. The van der Waals surface area contributed by atoms with Crippen LogP contribution in [0.5, 0.6) is 5.75 Å². The number of fused-ring (bicyclic) bond motifs is 1. The second kappa shape index (κ2) is 8.55. The number of aryl methyl sites for hydroxylation is 2. The van der Waals surface area contributed by atoms with Crippen LogP contribution in [0.4, 0.5) is 5.82 Å². The van der Waals surface area contributed by atoms with Gasteiger partial charge in [0.25, 0.3) is 0 Å². The molecule has 1 saturated heterocycles. The van der Waals surface area contributed by atoms with Gasteiger partial charge in [-0.3, -0.25) is 9.67 Å². The number of rotatable bonds is 4. The van der Waals surface area contributed by atoms with Crippen molar-refractivity contribution in [3.8, 4) is 28.1 Å². The first kappa shape index (κ1) is 24.2. The molecule has 2 N–H and O–H groups in total. The first-order valence-electron chi connectivity index (χ1n) is 12.4. The maximum atomic E-state index is 10.9. The van der Waals surface area contributed by atoms with E-state index < -0.39 is 0 Å². The number of piperidine rings is 1.